The molecule has 122 valence electrons. The predicted octanol–water partition coefficient (Wildman–Crippen LogP) is 3.48. The predicted molar refractivity (Wildman–Crippen MR) is 97.9 cm³/mol. The molecular weight excluding hydrogens is 336 g/mol. The van der Waals surface area contributed by atoms with Gasteiger partial charge in [-0.3, -0.25) is 15.1 Å². The smallest absolute Gasteiger partial charge is 0.276 e. The fourth-order valence-corrected chi connectivity index (χ4v) is 2.73. The van der Waals surface area contributed by atoms with Crippen LogP contribution >= 0.6 is 11.6 Å². The third kappa shape index (κ3) is 3.03. The first-order valence-corrected chi connectivity index (χ1v) is 7.76. The minimum Gasteiger partial charge on any atom is -0.397 e. The van der Waals surface area contributed by atoms with Crippen LogP contribution in [0.3, 0.4) is 0 Å². The number of anilines is 1. The summed E-state index contributed by atoms with van der Waals surface area (Å²) in [6, 6.07) is 17.7. The molecule has 0 radical (unpaired) electrons. The normalized spacial score (nSPS) is 16.3. The van der Waals surface area contributed by atoms with Gasteiger partial charge >= 0.3 is 0 Å². The molecule has 3 N–H and O–H groups in total. The zero-order valence-corrected chi connectivity index (χ0v) is 13.8. The Morgan fingerprint density at radius 1 is 1.16 bits per heavy atom. The monoisotopic (exact) mass is 348 g/mol. The van der Waals surface area contributed by atoms with Gasteiger partial charge in [0.05, 0.1) is 11.4 Å². The minimum atomic E-state index is -0.641. The Morgan fingerprint density at radius 3 is 2.52 bits per heavy atom. The Kier molecular flexibility index (Phi) is 4.38. The van der Waals surface area contributed by atoms with Crippen molar-refractivity contribution in [1.29, 1.82) is 10.7 Å². The van der Waals surface area contributed by atoms with Crippen molar-refractivity contribution >= 4 is 35.1 Å². The molecule has 0 atom stereocenters. The number of amidine groups is 1. The Hall–Kier alpha value is -3.36. The molecule has 6 heteroatoms. The van der Waals surface area contributed by atoms with Crippen LogP contribution in [-0.2, 0) is 4.79 Å². The van der Waals surface area contributed by atoms with Crippen molar-refractivity contribution in [2.45, 2.75) is 0 Å². The molecule has 2 aromatic carbocycles. The summed E-state index contributed by atoms with van der Waals surface area (Å²) < 4.78 is 0. The van der Waals surface area contributed by atoms with Crippen molar-refractivity contribution in [3.05, 3.63) is 82.0 Å². The first-order chi connectivity index (χ1) is 12.0. The maximum Gasteiger partial charge on any atom is 0.276 e. The number of hydrogen-bond acceptors (Lipinski definition) is 4. The number of nitrogens with zero attached hydrogens (tertiary/aromatic N) is 2. The van der Waals surface area contributed by atoms with Crippen molar-refractivity contribution in [1.82, 2.24) is 0 Å². The van der Waals surface area contributed by atoms with E-state index in [9.17, 15) is 10.1 Å². The second-order valence-corrected chi connectivity index (χ2v) is 5.77. The van der Waals surface area contributed by atoms with Gasteiger partial charge in [0.2, 0.25) is 0 Å². The lowest BCUT2D eigenvalue weighted by molar-refractivity contribution is -0.114. The van der Waals surface area contributed by atoms with E-state index in [2.05, 4.69) is 0 Å². The molecule has 5 nitrogen and oxygen atoms in total. The second kappa shape index (κ2) is 6.63. The standard InChI is InChI=1S/C19H13ClN4O/c20-13-7-4-8-14(10-13)24-18(23)15(9-12-5-2-1-3-6-12)17(22)16(11-21)19(24)25/h1-10,23H,22H2/b15-9+,23-18?. The van der Waals surface area contributed by atoms with Crippen LogP contribution in [0.4, 0.5) is 5.69 Å². The maximum atomic E-state index is 12.6. The number of nitriles is 1. The zero-order chi connectivity index (χ0) is 18.0. The lowest BCUT2D eigenvalue weighted by Gasteiger charge is -2.29. The molecule has 1 heterocycles. The quantitative estimate of drug-likeness (QED) is 0.869. The second-order valence-electron chi connectivity index (χ2n) is 5.34. The van der Waals surface area contributed by atoms with Crippen LogP contribution in [0.25, 0.3) is 6.08 Å². The Morgan fingerprint density at radius 2 is 1.88 bits per heavy atom. The van der Waals surface area contributed by atoms with Gasteiger partial charge in [-0.05, 0) is 29.8 Å². The SMILES string of the molecule is N#CC1=C(N)/C(=C\c2ccccc2)C(=N)N(c2cccc(Cl)c2)C1=O. The van der Waals surface area contributed by atoms with Crippen LogP contribution in [-0.4, -0.2) is 11.7 Å². The number of carbonyl (C=O) groups excluding carboxylic acids is 1. The number of hydrogen-bond donors (Lipinski definition) is 2. The van der Waals surface area contributed by atoms with E-state index < -0.39 is 5.91 Å². The Bertz CT molecular complexity index is 970. The molecule has 0 unspecified atom stereocenters. The maximum absolute atomic E-state index is 12.6. The van der Waals surface area contributed by atoms with Gasteiger partial charge in [0.1, 0.15) is 17.5 Å². The lowest BCUT2D eigenvalue weighted by Crippen LogP contribution is -2.44. The van der Waals surface area contributed by atoms with E-state index in [1.165, 1.54) is 0 Å². The average Bonchev–Trinajstić information content (AvgIpc) is 2.60. The fourth-order valence-electron chi connectivity index (χ4n) is 2.54. The zero-order valence-electron chi connectivity index (χ0n) is 13.0. The molecule has 0 fully saturated rings. The summed E-state index contributed by atoms with van der Waals surface area (Å²) in [6.45, 7) is 0. The van der Waals surface area contributed by atoms with Gasteiger partial charge in [0, 0.05) is 10.6 Å². The molecule has 1 aliphatic heterocycles. The van der Waals surface area contributed by atoms with Gasteiger partial charge in [-0.1, -0.05) is 48.0 Å². The van der Waals surface area contributed by atoms with Crippen LogP contribution < -0.4 is 10.6 Å². The molecule has 0 spiro atoms. The van der Waals surface area contributed by atoms with Gasteiger partial charge in [0.15, 0.2) is 0 Å². The van der Waals surface area contributed by atoms with Gasteiger partial charge in [0.25, 0.3) is 5.91 Å². The van der Waals surface area contributed by atoms with Crippen LogP contribution in [0.15, 0.2) is 71.4 Å². The van der Waals surface area contributed by atoms with E-state index in [0.29, 0.717) is 16.3 Å². The topological polar surface area (TPSA) is 94.0 Å². The summed E-state index contributed by atoms with van der Waals surface area (Å²) in [6.07, 6.45) is 1.68. The van der Waals surface area contributed by atoms with E-state index >= 15 is 0 Å². The van der Waals surface area contributed by atoms with E-state index in [1.54, 1.807) is 30.3 Å². The highest BCUT2D eigenvalue weighted by molar-refractivity contribution is 6.34. The molecule has 1 amide bonds. The van der Waals surface area contributed by atoms with Crippen LogP contribution in [0.1, 0.15) is 5.56 Å². The van der Waals surface area contributed by atoms with Crippen LogP contribution in [0, 0.1) is 16.7 Å². The molecule has 3 rings (SSSR count). The van der Waals surface area contributed by atoms with E-state index in [-0.39, 0.29) is 17.1 Å². The number of nitrogens with one attached hydrogen (secondary N) is 1. The molecule has 0 aromatic heterocycles. The van der Waals surface area contributed by atoms with Gasteiger partial charge in [-0.2, -0.15) is 5.26 Å². The number of carbonyl (C=O) groups is 1. The molecule has 25 heavy (non-hydrogen) atoms. The van der Waals surface area contributed by atoms with Gasteiger partial charge in [-0.25, -0.2) is 0 Å². The molecule has 0 aliphatic carbocycles. The largest absolute Gasteiger partial charge is 0.397 e. The molecule has 2 aromatic rings. The first kappa shape index (κ1) is 16.5. The van der Waals surface area contributed by atoms with E-state index in [4.69, 9.17) is 22.7 Å². The van der Waals surface area contributed by atoms with E-state index in [1.807, 2.05) is 36.4 Å². The summed E-state index contributed by atoms with van der Waals surface area (Å²) >= 11 is 6.00. The summed E-state index contributed by atoms with van der Waals surface area (Å²) in [5, 5.41) is 18.2. The van der Waals surface area contributed by atoms with Gasteiger partial charge < -0.3 is 5.73 Å². The number of benzene rings is 2. The third-order valence-corrected chi connectivity index (χ3v) is 3.98. The van der Waals surface area contributed by atoms with Crippen molar-refractivity contribution in [2.24, 2.45) is 5.73 Å². The lowest BCUT2D eigenvalue weighted by atomic mass is 9.97. The van der Waals surface area contributed by atoms with Crippen molar-refractivity contribution in [3.8, 4) is 6.07 Å². The van der Waals surface area contributed by atoms with Crippen molar-refractivity contribution in [3.63, 3.8) is 0 Å². The van der Waals surface area contributed by atoms with Crippen molar-refractivity contribution in [2.75, 3.05) is 4.90 Å². The number of halogens is 1. The first-order valence-electron chi connectivity index (χ1n) is 7.39. The van der Waals surface area contributed by atoms with Gasteiger partial charge in [-0.15, -0.1) is 0 Å². The summed E-state index contributed by atoms with van der Waals surface area (Å²) in [5.74, 6) is -0.745. The fraction of sp³-hybridized carbons (Fsp3) is 0. The summed E-state index contributed by atoms with van der Waals surface area (Å²) in [7, 11) is 0. The third-order valence-electron chi connectivity index (χ3n) is 3.74. The highest BCUT2D eigenvalue weighted by atomic mass is 35.5. The summed E-state index contributed by atoms with van der Waals surface area (Å²) in [4.78, 5) is 13.8. The average molecular weight is 349 g/mol. The molecule has 0 saturated heterocycles. The number of nitrogens with two attached hydrogens (primary N) is 1. The molecule has 0 bridgehead atoms. The highest BCUT2D eigenvalue weighted by Crippen LogP contribution is 2.30. The molecular formula is C19H13ClN4O. The van der Waals surface area contributed by atoms with Crippen LogP contribution in [0.5, 0.6) is 0 Å². The van der Waals surface area contributed by atoms with Crippen LogP contribution in [0.2, 0.25) is 5.02 Å². The number of rotatable bonds is 2. The van der Waals surface area contributed by atoms with Crippen molar-refractivity contribution < 1.29 is 4.79 Å². The Labute approximate surface area is 149 Å². The van der Waals surface area contributed by atoms with E-state index in [0.717, 1.165) is 10.5 Å². The minimum absolute atomic E-state index is 0.000342. The molecule has 1 aliphatic rings. The summed E-state index contributed by atoms with van der Waals surface area (Å²) in [5.41, 5.74) is 7.33. The highest BCUT2D eigenvalue weighted by Gasteiger charge is 2.34. The molecule has 0 saturated carbocycles. The Balaban J connectivity index is 2.18. The number of amides is 1.